The summed E-state index contributed by atoms with van der Waals surface area (Å²) in [4.78, 5) is 3.09. The van der Waals surface area contributed by atoms with E-state index in [9.17, 15) is 0 Å². The molecule has 2 nitrogen and oxygen atoms in total. The minimum Gasteiger partial charge on any atom is -0.378 e. The zero-order valence-electron chi connectivity index (χ0n) is 8.23. The van der Waals surface area contributed by atoms with Crippen molar-refractivity contribution in [2.75, 3.05) is 5.32 Å². The second kappa shape index (κ2) is 5.00. The molecular weight excluding hydrogens is 266 g/mol. The van der Waals surface area contributed by atoms with E-state index in [4.69, 9.17) is 34.8 Å². The van der Waals surface area contributed by atoms with E-state index in [-0.39, 0.29) is 0 Å². The summed E-state index contributed by atoms with van der Waals surface area (Å²) < 4.78 is 0. The Morgan fingerprint density at radius 1 is 1.06 bits per heavy atom. The number of H-pyrrole nitrogens is 1. The van der Waals surface area contributed by atoms with E-state index >= 15 is 0 Å². The van der Waals surface area contributed by atoms with Gasteiger partial charge in [0.05, 0.1) is 27.3 Å². The summed E-state index contributed by atoms with van der Waals surface area (Å²) in [7, 11) is 0. The van der Waals surface area contributed by atoms with E-state index < -0.39 is 0 Å². The Morgan fingerprint density at radius 3 is 2.50 bits per heavy atom. The molecule has 0 bridgehead atoms. The van der Waals surface area contributed by atoms with Crippen LogP contribution in [0.15, 0.2) is 30.5 Å². The van der Waals surface area contributed by atoms with E-state index in [1.54, 1.807) is 12.1 Å². The molecule has 0 saturated heterocycles. The van der Waals surface area contributed by atoms with Crippen molar-refractivity contribution < 1.29 is 0 Å². The highest BCUT2D eigenvalue weighted by atomic mass is 35.5. The Bertz CT molecular complexity index is 480. The Hall–Kier alpha value is -0.830. The third-order valence-corrected chi connectivity index (χ3v) is 3.18. The molecule has 0 radical (unpaired) electrons. The molecule has 5 heteroatoms. The van der Waals surface area contributed by atoms with Gasteiger partial charge in [-0.3, -0.25) is 0 Å². The van der Waals surface area contributed by atoms with Crippen molar-refractivity contribution in [3.8, 4) is 0 Å². The molecule has 0 amide bonds. The third-order valence-electron chi connectivity index (χ3n) is 2.14. The maximum absolute atomic E-state index is 6.03. The first-order chi connectivity index (χ1) is 7.66. The normalized spacial score (nSPS) is 10.4. The summed E-state index contributed by atoms with van der Waals surface area (Å²) in [5, 5.41) is 4.68. The van der Waals surface area contributed by atoms with Crippen molar-refractivity contribution in [3.05, 3.63) is 51.2 Å². The summed E-state index contributed by atoms with van der Waals surface area (Å²) in [6.45, 7) is 0.657. The molecule has 16 heavy (non-hydrogen) atoms. The van der Waals surface area contributed by atoms with Crippen LogP contribution in [0.3, 0.4) is 0 Å². The second-order valence-corrected chi connectivity index (χ2v) is 4.52. The van der Waals surface area contributed by atoms with Gasteiger partial charge in [0.2, 0.25) is 0 Å². The van der Waals surface area contributed by atoms with Crippen LogP contribution in [-0.2, 0) is 6.54 Å². The quantitative estimate of drug-likeness (QED) is 0.788. The van der Waals surface area contributed by atoms with Crippen molar-refractivity contribution >= 4 is 40.5 Å². The summed E-state index contributed by atoms with van der Waals surface area (Å²) >= 11 is 17.8. The van der Waals surface area contributed by atoms with Crippen LogP contribution in [0.1, 0.15) is 5.69 Å². The van der Waals surface area contributed by atoms with Gasteiger partial charge in [-0.05, 0) is 24.3 Å². The molecule has 2 rings (SSSR count). The first kappa shape index (κ1) is 11.6. The standard InChI is InChI=1S/C11H9Cl3N2/c12-8-4-10(14)11(5-9(8)13)16-6-7-2-1-3-15-7/h1-5,15-16H,6H2. The third kappa shape index (κ3) is 2.64. The van der Waals surface area contributed by atoms with Crippen LogP contribution in [0.2, 0.25) is 15.1 Å². The van der Waals surface area contributed by atoms with Crippen molar-refractivity contribution in [1.82, 2.24) is 4.98 Å². The zero-order valence-corrected chi connectivity index (χ0v) is 10.5. The summed E-state index contributed by atoms with van der Waals surface area (Å²) in [6, 6.07) is 7.27. The van der Waals surface area contributed by atoms with Crippen LogP contribution in [0.4, 0.5) is 5.69 Å². The summed E-state index contributed by atoms with van der Waals surface area (Å²) in [5.74, 6) is 0. The van der Waals surface area contributed by atoms with Crippen molar-refractivity contribution in [1.29, 1.82) is 0 Å². The van der Waals surface area contributed by atoms with E-state index in [0.717, 1.165) is 11.4 Å². The lowest BCUT2D eigenvalue weighted by atomic mass is 10.3. The van der Waals surface area contributed by atoms with Gasteiger partial charge < -0.3 is 10.3 Å². The number of aromatic amines is 1. The summed E-state index contributed by atoms with van der Waals surface area (Å²) in [5.41, 5.74) is 1.84. The van der Waals surface area contributed by atoms with Crippen LogP contribution < -0.4 is 5.32 Å². The minimum atomic E-state index is 0.456. The average molecular weight is 276 g/mol. The summed E-state index contributed by atoms with van der Waals surface area (Å²) in [6.07, 6.45) is 1.87. The largest absolute Gasteiger partial charge is 0.378 e. The molecule has 0 atom stereocenters. The lowest BCUT2D eigenvalue weighted by Crippen LogP contribution is -2.00. The van der Waals surface area contributed by atoms with Crippen LogP contribution in [0.5, 0.6) is 0 Å². The number of hydrogen-bond acceptors (Lipinski definition) is 1. The topological polar surface area (TPSA) is 27.8 Å². The Kier molecular flexibility index (Phi) is 3.64. The van der Waals surface area contributed by atoms with Crippen LogP contribution in [0, 0.1) is 0 Å². The molecule has 0 aliphatic carbocycles. The molecule has 0 unspecified atom stereocenters. The smallest absolute Gasteiger partial charge is 0.0653 e. The molecule has 1 aromatic carbocycles. The predicted octanol–water partition coefficient (Wildman–Crippen LogP) is 4.59. The van der Waals surface area contributed by atoms with E-state index in [2.05, 4.69) is 10.3 Å². The highest BCUT2D eigenvalue weighted by molar-refractivity contribution is 6.44. The van der Waals surface area contributed by atoms with Gasteiger partial charge in [0.1, 0.15) is 0 Å². The van der Waals surface area contributed by atoms with Gasteiger partial charge in [0.25, 0.3) is 0 Å². The SMILES string of the molecule is Clc1cc(Cl)c(NCc2ccc[nH]2)cc1Cl. The molecule has 0 spiro atoms. The van der Waals surface area contributed by atoms with Crippen molar-refractivity contribution in [2.24, 2.45) is 0 Å². The van der Waals surface area contributed by atoms with Crippen LogP contribution >= 0.6 is 34.8 Å². The van der Waals surface area contributed by atoms with Gasteiger partial charge in [-0.2, -0.15) is 0 Å². The average Bonchev–Trinajstić information content (AvgIpc) is 2.74. The van der Waals surface area contributed by atoms with Gasteiger partial charge in [0, 0.05) is 11.9 Å². The maximum atomic E-state index is 6.03. The van der Waals surface area contributed by atoms with Crippen LogP contribution in [-0.4, -0.2) is 4.98 Å². The van der Waals surface area contributed by atoms with Gasteiger partial charge in [-0.1, -0.05) is 34.8 Å². The molecule has 2 aromatic rings. The van der Waals surface area contributed by atoms with E-state index in [0.29, 0.717) is 21.6 Å². The molecule has 0 saturated carbocycles. The first-order valence-electron chi connectivity index (χ1n) is 4.67. The van der Waals surface area contributed by atoms with Crippen molar-refractivity contribution in [3.63, 3.8) is 0 Å². The number of rotatable bonds is 3. The van der Waals surface area contributed by atoms with Gasteiger partial charge in [-0.25, -0.2) is 0 Å². The molecule has 2 N–H and O–H groups in total. The number of benzene rings is 1. The molecule has 0 fully saturated rings. The number of hydrogen-bond donors (Lipinski definition) is 2. The van der Waals surface area contributed by atoms with E-state index in [1.807, 2.05) is 18.3 Å². The highest BCUT2D eigenvalue weighted by Gasteiger charge is 2.05. The van der Waals surface area contributed by atoms with Gasteiger partial charge >= 0.3 is 0 Å². The minimum absolute atomic E-state index is 0.456. The van der Waals surface area contributed by atoms with E-state index in [1.165, 1.54) is 0 Å². The second-order valence-electron chi connectivity index (χ2n) is 3.30. The molecule has 84 valence electrons. The number of anilines is 1. The first-order valence-corrected chi connectivity index (χ1v) is 5.81. The Balaban J connectivity index is 2.12. The number of aromatic nitrogens is 1. The fourth-order valence-electron chi connectivity index (χ4n) is 1.33. The number of halogens is 3. The lowest BCUT2D eigenvalue weighted by molar-refractivity contribution is 1.07. The fourth-order valence-corrected chi connectivity index (χ4v) is 1.94. The highest BCUT2D eigenvalue weighted by Crippen LogP contribution is 2.32. The molecule has 1 aromatic heterocycles. The monoisotopic (exact) mass is 274 g/mol. The van der Waals surface area contributed by atoms with Crippen LogP contribution in [0.25, 0.3) is 0 Å². The van der Waals surface area contributed by atoms with Gasteiger partial charge in [0.15, 0.2) is 0 Å². The lowest BCUT2D eigenvalue weighted by Gasteiger charge is -2.08. The number of nitrogens with one attached hydrogen (secondary N) is 2. The Labute approximate surface area is 109 Å². The maximum Gasteiger partial charge on any atom is 0.0653 e. The van der Waals surface area contributed by atoms with Crippen molar-refractivity contribution in [2.45, 2.75) is 6.54 Å². The predicted molar refractivity (Wildman–Crippen MR) is 69.6 cm³/mol. The van der Waals surface area contributed by atoms with Gasteiger partial charge in [-0.15, -0.1) is 0 Å². The zero-order chi connectivity index (χ0) is 11.5. The molecular formula is C11H9Cl3N2. The molecule has 0 aliphatic rings. The molecule has 1 heterocycles. The Morgan fingerprint density at radius 2 is 1.81 bits per heavy atom. The molecule has 0 aliphatic heterocycles. The fraction of sp³-hybridized carbons (Fsp3) is 0.0909.